The molecule has 1 heterocycles. The van der Waals surface area contributed by atoms with Crippen molar-refractivity contribution < 1.29 is 17.7 Å². The van der Waals surface area contributed by atoms with E-state index in [0.717, 1.165) is 24.8 Å². The molecule has 6 nitrogen and oxygen atoms in total. The summed E-state index contributed by atoms with van der Waals surface area (Å²) in [4.78, 5) is 12.2. The molecule has 1 aromatic heterocycles. The molecule has 0 aliphatic heterocycles. The predicted molar refractivity (Wildman–Crippen MR) is 89.0 cm³/mol. The predicted octanol–water partition coefficient (Wildman–Crippen LogP) is 2.09. The highest BCUT2D eigenvalue weighted by atomic mass is 32.2. The van der Waals surface area contributed by atoms with Gasteiger partial charge < -0.3 is 9.84 Å². The van der Waals surface area contributed by atoms with Crippen molar-refractivity contribution in [2.24, 2.45) is 0 Å². The minimum absolute atomic E-state index is 0.120. The highest BCUT2D eigenvalue weighted by Gasteiger charge is 2.25. The van der Waals surface area contributed by atoms with Crippen LogP contribution < -0.4 is 5.32 Å². The molecular formula is C17H20N2O4S. The van der Waals surface area contributed by atoms with Crippen LogP contribution in [0.2, 0.25) is 0 Å². The fraction of sp³-hybridized carbons (Fsp3) is 0.412. The second kappa shape index (κ2) is 6.76. The minimum Gasteiger partial charge on any atom is -0.360 e. The Morgan fingerprint density at radius 3 is 2.92 bits per heavy atom. The van der Waals surface area contributed by atoms with E-state index in [4.69, 9.17) is 4.52 Å². The third-order valence-electron chi connectivity index (χ3n) is 4.09. The van der Waals surface area contributed by atoms with Gasteiger partial charge in [0.25, 0.3) is 0 Å². The van der Waals surface area contributed by atoms with Crippen LogP contribution in [0.25, 0.3) is 0 Å². The molecule has 3 rings (SSSR count). The summed E-state index contributed by atoms with van der Waals surface area (Å²) in [5.74, 6) is -1.09. The number of aryl methyl sites for hydroxylation is 2. The van der Waals surface area contributed by atoms with Crippen molar-refractivity contribution >= 4 is 15.7 Å². The number of hydrogen-bond acceptors (Lipinski definition) is 5. The number of aromatic nitrogens is 1. The molecule has 1 aliphatic carbocycles. The Bertz CT molecular complexity index is 842. The van der Waals surface area contributed by atoms with Crippen LogP contribution in [-0.4, -0.2) is 25.2 Å². The molecule has 1 atom stereocenters. The Hall–Kier alpha value is -2.15. The number of hydrogen-bond donors (Lipinski definition) is 1. The molecule has 0 saturated heterocycles. The van der Waals surface area contributed by atoms with Crippen LogP contribution >= 0.6 is 0 Å². The van der Waals surface area contributed by atoms with E-state index in [0.29, 0.717) is 5.69 Å². The molecule has 0 saturated carbocycles. The molecule has 1 N–H and O–H groups in total. The van der Waals surface area contributed by atoms with Gasteiger partial charge in [0.05, 0.1) is 11.7 Å². The molecule has 24 heavy (non-hydrogen) atoms. The van der Waals surface area contributed by atoms with Crippen LogP contribution in [0.5, 0.6) is 0 Å². The summed E-state index contributed by atoms with van der Waals surface area (Å²) in [6.07, 6.45) is 2.79. The van der Waals surface area contributed by atoms with Gasteiger partial charge in [-0.1, -0.05) is 29.4 Å². The SMILES string of the molecule is Cc1cc(CS(=O)(=O)CC(=O)NC2CCCc3ccccc32)on1. The fourth-order valence-corrected chi connectivity index (χ4v) is 4.25. The van der Waals surface area contributed by atoms with Crippen molar-refractivity contribution in [2.75, 3.05) is 5.75 Å². The van der Waals surface area contributed by atoms with Gasteiger partial charge in [-0.15, -0.1) is 0 Å². The molecule has 1 aliphatic rings. The number of sulfone groups is 1. The van der Waals surface area contributed by atoms with E-state index in [1.54, 1.807) is 13.0 Å². The number of carbonyl (C=O) groups is 1. The zero-order valence-electron chi connectivity index (χ0n) is 13.5. The van der Waals surface area contributed by atoms with Gasteiger partial charge >= 0.3 is 0 Å². The first-order valence-electron chi connectivity index (χ1n) is 7.93. The number of amides is 1. The maximum atomic E-state index is 12.2. The first kappa shape index (κ1) is 16.7. The second-order valence-corrected chi connectivity index (χ2v) is 8.24. The van der Waals surface area contributed by atoms with Crippen LogP contribution in [0, 0.1) is 6.92 Å². The molecule has 1 aromatic carbocycles. The number of benzene rings is 1. The zero-order valence-corrected chi connectivity index (χ0v) is 14.3. The molecule has 2 aromatic rings. The van der Waals surface area contributed by atoms with Gasteiger partial charge in [0, 0.05) is 6.07 Å². The average Bonchev–Trinajstić information content (AvgIpc) is 2.91. The molecule has 1 unspecified atom stereocenters. The van der Waals surface area contributed by atoms with Gasteiger partial charge in [-0.2, -0.15) is 0 Å². The number of nitrogens with one attached hydrogen (secondary N) is 1. The molecular weight excluding hydrogens is 328 g/mol. The monoisotopic (exact) mass is 348 g/mol. The lowest BCUT2D eigenvalue weighted by atomic mass is 9.88. The van der Waals surface area contributed by atoms with Crippen molar-refractivity contribution in [3.05, 3.63) is 52.9 Å². The summed E-state index contributed by atoms with van der Waals surface area (Å²) in [5.41, 5.74) is 2.91. The minimum atomic E-state index is -3.59. The van der Waals surface area contributed by atoms with Crippen molar-refractivity contribution in [3.8, 4) is 0 Å². The quantitative estimate of drug-likeness (QED) is 0.894. The lowest BCUT2D eigenvalue weighted by Crippen LogP contribution is -2.35. The van der Waals surface area contributed by atoms with Crippen molar-refractivity contribution in [3.63, 3.8) is 0 Å². The second-order valence-electron chi connectivity index (χ2n) is 6.18. The third-order valence-corrected chi connectivity index (χ3v) is 5.52. The van der Waals surface area contributed by atoms with Gasteiger partial charge in [-0.05, 0) is 37.3 Å². The maximum absolute atomic E-state index is 12.2. The maximum Gasteiger partial charge on any atom is 0.235 e. The van der Waals surface area contributed by atoms with Gasteiger partial charge in [-0.3, -0.25) is 4.79 Å². The van der Waals surface area contributed by atoms with Crippen LogP contribution in [-0.2, 0) is 26.8 Å². The summed E-state index contributed by atoms with van der Waals surface area (Å²) < 4.78 is 29.2. The molecule has 0 spiro atoms. The van der Waals surface area contributed by atoms with Crippen LogP contribution in [0.4, 0.5) is 0 Å². The number of rotatable bonds is 5. The average molecular weight is 348 g/mol. The number of nitrogens with zero attached hydrogens (tertiary/aromatic N) is 1. The van der Waals surface area contributed by atoms with Crippen molar-refractivity contribution in [1.82, 2.24) is 10.5 Å². The van der Waals surface area contributed by atoms with E-state index < -0.39 is 21.5 Å². The Morgan fingerprint density at radius 1 is 1.38 bits per heavy atom. The van der Waals surface area contributed by atoms with Gasteiger partial charge in [0.2, 0.25) is 5.91 Å². The normalized spacial score (nSPS) is 17.3. The topological polar surface area (TPSA) is 89.3 Å². The summed E-state index contributed by atoms with van der Waals surface area (Å²) in [7, 11) is -3.59. The first-order chi connectivity index (χ1) is 11.4. The van der Waals surface area contributed by atoms with Gasteiger partial charge in [0.1, 0.15) is 11.5 Å². The van der Waals surface area contributed by atoms with Crippen LogP contribution in [0.15, 0.2) is 34.9 Å². The van der Waals surface area contributed by atoms with E-state index in [-0.39, 0.29) is 17.6 Å². The smallest absolute Gasteiger partial charge is 0.235 e. The Kier molecular flexibility index (Phi) is 4.71. The summed E-state index contributed by atoms with van der Waals surface area (Å²) in [6.45, 7) is 1.72. The lowest BCUT2D eigenvalue weighted by Gasteiger charge is -2.26. The van der Waals surface area contributed by atoms with E-state index in [1.807, 2.05) is 18.2 Å². The third kappa shape index (κ3) is 4.03. The van der Waals surface area contributed by atoms with Crippen molar-refractivity contribution in [2.45, 2.75) is 38.0 Å². The molecule has 1 amide bonds. The van der Waals surface area contributed by atoms with Crippen molar-refractivity contribution in [1.29, 1.82) is 0 Å². The van der Waals surface area contributed by atoms with E-state index in [1.165, 1.54) is 5.56 Å². The number of carbonyl (C=O) groups excluding carboxylic acids is 1. The summed E-state index contributed by atoms with van der Waals surface area (Å²) >= 11 is 0. The Balaban J connectivity index is 1.63. The largest absolute Gasteiger partial charge is 0.360 e. The highest BCUT2D eigenvalue weighted by molar-refractivity contribution is 7.91. The standard InChI is InChI=1S/C17H20N2O4S/c1-12-9-14(23-19-12)10-24(21,22)11-17(20)18-16-8-4-6-13-5-2-3-7-15(13)16/h2-3,5,7,9,16H,4,6,8,10-11H2,1H3,(H,18,20). The lowest BCUT2D eigenvalue weighted by molar-refractivity contribution is -0.119. The number of fused-ring (bicyclic) bond motifs is 1. The van der Waals surface area contributed by atoms with E-state index in [2.05, 4.69) is 16.5 Å². The van der Waals surface area contributed by atoms with E-state index in [9.17, 15) is 13.2 Å². The van der Waals surface area contributed by atoms with Crippen LogP contribution in [0.1, 0.15) is 41.5 Å². The summed E-state index contributed by atoms with van der Waals surface area (Å²) in [6, 6.07) is 9.40. The molecule has 128 valence electrons. The van der Waals surface area contributed by atoms with Crippen LogP contribution in [0.3, 0.4) is 0 Å². The highest BCUT2D eigenvalue weighted by Crippen LogP contribution is 2.29. The molecule has 0 radical (unpaired) electrons. The first-order valence-corrected chi connectivity index (χ1v) is 9.75. The zero-order chi connectivity index (χ0) is 17.2. The Labute approximate surface area is 141 Å². The van der Waals surface area contributed by atoms with E-state index >= 15 is 0 Å². The van der Waals surface area contributed by atoms with Gasteiger partial charge in [0.15, 0.2) is 15.6 Å². The Morgan fingerprint density at radius 2 is 2.17 bits per heavy atom. The molecule has 0 fully saturated rings. The molecule has 0 bridgehead atoms. The summed E-state index contributed by atoms with van der Waals surface area (Å²) in [5, 5.41) is 6.52. The van der Waals surface area contributed by atoms with Gasteiger partial charge in [-0.25, -0.2) is 8.42 Å². The fourth-order valence-electron chi connectivity index (χ4n) is 3.09. The molecule has 7 heteroatoms.